The molecule has 2 aromatic carbocycles. The molecule has 0 saturated carbocycles. The maximum absolute atomic E-state index is 14.1. The third-order valence-corrected chi connectivity index (χ3v) is 6.41. The van der Waals surface area contributed by atoms with E-state index in [9.17, 15) is 17.6 Å². The summed E-state index contributed by atoms with van der Waals surface area (Å²) in [5.41, 5.74) is 1.31. The molecule has 138 valence electrons. The molecule has 3 rings (SSSR count). The van der Waals surface area contributed by atoms with Gasteiger partial charge in [-0.25, -0.2) is 12.8 Å². The Kier molecular flexibility index (Phi) is 5.00. The summed E-state index contributed by atoms with van der Waals surface area (Å²) in [7, 11) is -3.87. The SMILES string of the molecule is CCC(C)NC(=O)c1cc(S(=O)(=O)N2CCc3ccccc32)ccc1F. The Morgan fingerprint density at radius 2 is 2.00 bits per heavy atom. The van der Waals surface area contributed by atoms with Crippen molar-refractivity contribution in [2.24, 2.45) is 0 Å². The fourth-order valence-corrected chi connectivity index (χ4v) is 4.46. The average Bonchev–Trinajstić information content (AvgIpc) is 3.06. The lowest BCUT2D eigenvalue weighted by atomic mass is 10.1. The van der Waals surface area contributed by atoms with Crippen molar-refractivity contribution in [2.45, 2.75) is 37.6 Å². The Morgan fingerprint density at radius 3 is 2.73 bits per heavy atom. The van der Waals surface area contributed by atoms with Crippen molar-refractivity contribution in [1.29, 1.82) is 0 Å². The van der Waals surface area contributed by atoms with Gasteiger partial charge in [-0.05, 0) is 49.6 Å². The Bertz CT molecular complexity index is 944. The van der Waals surface area contributed by atoms with Crippen LogP contribution in [0.5, 0.6) is 0 Å². The molecule has 0 bridgehead atoms. The van der Waals surface area contributed by atoms with Crippen molar-refractivity contribution in [3.8, 4) is 0 Å². The molecular formula is C19H21FN2O3S. The number of hydrogen-bond donors (Lipinski definition) is 1. The van der Waals surface area contributed by atoms with Gasteiger partial charge in [-0.2, -0.15) is 0 Å². The van der Waals surface area contributed by atoms with E-state index in [1.807, 2.05) is 19.1 Å². The van der Waals surface area contributed by atoms with Crippen LogP contribution in [0.25, 0.3) is 0 Å². The van der Waals surface area contributed by atoms with E-state index in [1.165, 1.54) is 10.4 Å². The lowest BCUT2D eigenvalue weighted by Gasteiger charge is -2.20. The largest absolute Gasteiger partial charge is 0.350 e. The molecule has 0 aromatic heterocycles. The van der Waals surface area contributed by atoms with Crippen LogP contribution in [0.3, 0.4) is 0 Å². The lowest BCUT2D eigenvalue weighted by Crippen LogP contribution is -2.33. The molecule has 1 amide bonds. The molecule has 0 saturated heterocycles. The Balaban J connectivity index is 1.97. The zero-order valence-electron chi connectivity index (χ0n) is 14.7. The van der Waals surface area contributed by atoms with Gasteiger partial charge in [-0.15, -0.1) is 0 Å². The molecule has 0 radical (unpaired) electrons. The van der Waals surface area contributed by atoms with E-state index in [-0.39, 0.29) is 16.5 Å². The molecule has 1 aliphatic heterocycles. The van der Waals surface area contributed by atoms with Crippen LogP contribution >= 0.6 is 0 Å². The molecule has 0 fully saturated rings. The van der Waals surface area contributed by atoms with E-state index in [1.54, 1.807) is 19.1 Å². The molecule has 1 unspecified atom stereocenters. The van der Waals surface area contributed by atoms with E-state index >= 15 is 0 Å². The Hall–Kier alpha value is -2.41. The summed E-state index contributed by atoms with van der Waals surface area (Å²) in [6.07, 6.45) is 1.31. The smallest absolute Gasteiger partial charge is 0.264 e. The molecule has 26 heavy (non-hydrogen) atoms. The van der Waals surface area contributed by atoms with Gasteiger partial charge >= 0.3 is 0 Å². The van der Waals surface area contributed by atoms with Gasteiger partial charge in [-0.1, -0.05) is 25.1 Å². The van der Waals surface area contributed by atoms with Crippen LogP contribution in [-0.2, 0) is 16.4 Å². The number of para-hydroxylation sites is 1. The highest BCUT2D eigenvalue weighted by molar-refractivity contribution is 7.92. The molecular weight excluding hydrogens is 355 g/mol. The first-order valence-electron chi connectivity index (χ1n) is 8.55. The van der Waals surface area contributed by atoms with Gasteiger partial charge in [0.1, 0.15) is 5.82 Å². The van der Waals surface area contributed by atoms with Gasteiger partial charge in [-0.3, -0.25) is 9.10 Å². The molecule has 1 aliphatic rings. The number of fused-ring (bicyclic) bond motifs is 1. The minimum absolute atomic E-state index is 0.0927. The summed E-state index contributed by atoms with van der Waals surface area (Å²) in [5.74, 6) is -1.36. The molecule has 1 N–H and O–H groups in total. The molecule has 2 aromatic rings. The third-order valence-electron chi connectivity index (χ3n) is 4.60. The van der Waals surface area contributed by atoms with Crippen molar-refractivity contribution in [3.63, 3.8) is 0 Å². The molecule has 0 spiro atoms. The number of sulfonamides is 1. The number of halogens is 1. The summed E-state index contributed by atoms with van der Waals surface area (Å²) >= 11 is 0. The maximum atomic E-state index is 14.1. The van der Waals surface area contributed by atoms with Gasteiger partial charge in [0, 0.05) is 12.6 Å². The van der Waals surface area contributed by atoms with Crippen LogP contribution in [0.15, 0.2) is 47.4 Å². The van der Waals surface area contributed by atoms with Crippen LogP contribution in [0.2, 0.25) is 0 Å². The van der Waals surface area contributed by atoms with Crippen LogP contribution in [0.4, 0.5) is 10.1 Å². The molecule has 1 heterocycles. The number of rotatable bonds is 5. The highest BCUT2D eigenvalue weighted by Crippen LogP contribution is 2.33. The number of nitrogens with one attached hydrogen (secondary N) is 1. The number of amides is 1. The number of hydrogen-bond acceptors (Lipinski definition) is 3. The quantitative estimate of drug-likeness (QED) is 0.872. The first-order valence-corrected chi connectivity index (χ1v) is 9.99. The summed E-state index contributed by atoms with van der Waals surface area (Å²) in [6.45, 7) is 4.03. The zero-order valence-corrected chi connectivity index (χ0v) is 15.5. The van der Waals surface area contributed by atoms with Crippen molar-refractivity contribution in [3.05, 3.63) is 59.4 Å². The van der Waals surface area contributed by atoms with Crippen LogP contribution in [-0.4, -0.2) is 26.9 Å². The van der Waals surface area contributed by atoms with Crippen molar-refractivity contribution in [1.82, 2.24) is 5.32 Å². The highest BCUT2D eigenvalue weighted by atomic mass is 32.2. The second-order valence-corrected chi connectivity index (χ2v) is 8.24. The van der Waals surface area contributed by atoms with E-state index in [0.717, 1.165) is 17.7 Å². The Labute approximate surface area is 152 Å². The predicted octanol–water partition coefficient (Wildman–Crippen LogP) is 3.11. The minimum Gasteiger partial charge on any atom is -0.350 e. The van der Waals surface area contributed by atoms with Gasteiger partial charge < -0.3 is 5.32 Å². The highest BCUT2D eigenvalue weighted by Gasteiger charge is 2.31. The van der Waals surface area contributed by atoms with Crippen LogP contribution in [0, 0.1) is 5.82 Å². The van der Waals surface area contributed by atoms with Crippen molar-refractivity contribution < 1.29 is 17.6 Å². The molecule has 1 atom stereocenters. The number of carbonyl (C=O) groups is 1. The normalized spacial score (nSPS) is 14.8. The van der Waals surface area contributed by atoms with E-state index < -0.39 is 21.7 Å². The van der Waals surface area contributed by atoms with Gasteiger partial charge in [0.2, 0.25) is 0 Å². The zero-order chi connectivity index (χ0) is 18.9. The van der Waals surface area contributed by atoms with Crippen LogP contribution < -0.4 is 9.62 Å². The fraction of sp³-hybridized carbons (Fsp3) is 0.316. The second kappa shape index (κ2) is 7.07. The summed E-state index contributed by atoms with van der Waals surface area (Å²) in [6, 6.07) is 10.5. The lowest BCUT2D eigenvalue weighted by molar-refractivity contribution is 0.0935. The summed E-state index contributed by atoms with van der Waals surface area (Å²) < 4.78 is 41.5. The number of benzene rings is 2. The maximum Gasteiger partial charge on any atom is 0.264 e. The van der Waals surface area contributed by atoms with Crippen molar-refractivity contribution in [2.75, 3.05) is 10.8 Å². The number of anilines is 1. The fourth-order valence-electron chi connectivity index (χ4n) is 2.93. The number of carbonyl (C=O) groups excluding carboxylic acids is 1. The Morgan fingerprint density at radius 1 is 1.27 bits per heavy atom. The second-order valence-electron chi connectivity index (χ2n) is 6.38. The average molecular weight is 376 g/mol. The van der Waals surface area contributed by atoms with E-state index in [2.05, 4.69) is 5.32 Å². The summed E-state index contributed by atoms with van der Waals surface area (Å²) in [5, 5.41) is 2.66. The molecule has 0 aliphatic carbocycles. The predicted molar refractivity (Wildman–Crippen MR) is 98.3 cm³/mol. The molecule has 7 heteroatoms. The van der Waals surface area contributed by atoms with Gasteiger partial charge in [0.25, 0.3) is 15.9 Å². The first kappa shape index (κ1) is 18.4. The van der Waals surface area contributed by atoms with E-state index in [4.69, 9.17) is 0 Å². The van der Waals surface area contributed by atoms with E-state index in [0.29, 0.717) is 25.1 Å². The topological polar surface area (TPSA) is 66.5 Å². The third kappa shape index (κ3) is 3.31. The first-order chi connectivity index (χ1) is 12.3. The molecule has 5 nitrogen and oxygen atoms in total. The van der Waals surface area contributed by atoms with Crippen molar-refractivity contribution >= 4 is 21.6 Å². The van der Waals surface area contributed by atoms with Crippen LogP contribution in [0.1, 0.15) is 36.2 Å². The van der Waals surface area contributed by atoms with Gasteiger partial charge in [0.05, 0.1) is 16.1 Å². The minimum atomic E-state index is -3.87. The van der Waals surface area contributed by atoms with Gasteiger partial charge in [0.15, 0.2) is 0 Å². The summed E-state index contributed by atoms with van der Waals surface area (Å²) in [4.78, 5) is 12.2. The number of nitrogens with zero attached hydrogens (tertiary/aromatic N) is 1. The standard InChI is InChI=1S/C19H21FN2O3S/c1-3-13(2)21-19(23)16-12-15(8-9-17(16)20)26(24,25)22-11-10-14-6-4-5-7-18(14)22/h4-9,12-13H,3,10-11H2,1-2H3,(H,21,23). The monoisotopic (exact) mass is 376 g/mol.